The van der Waals surface area contributed by atoms with Crippen molar-refractivity contribution in [2.24, 2.45) is 17.3 Å². The lowest BCUT2D eigenvalue weighted by Crippen LogP contribution is -2.41. The van der Waals surface area contributed by atoms with Gasteiger partial charge in [-0.15, -0.1) is 13.2 Å². The summed E-state index contributed by atoms with van der Waals surface area (Å²) in [6.07, 6.45) is 0.185. The molecule has 1 amide bonds. The van der Waals surface area contributed by atoms with Crippen LogP contribution >= 0.6 is 0 Å². The van der Waals surface area contributed by atoms with E-state index in [-0.39, 0.29) is 28.7 Å². The number of phenols is 1. The molecular weight excluding hydrogens is 519 g/mol. The molecule has 2 unspecified atom stereocenters. The van der Waals surface area contributed by atoms with E-state index in [1.54, 1.807) is 18.2 Å². The molecule has 40 heavy (non-hydrogen) atoms. The van der Waals surface area contributed by atoms with Crippen LogP contribution in [0.1, 0.15) is 84.3 Å². The maximum absolute atomic E-state index is 13.4. The number of para-hydroxylation sites is 1. The van der Waals surface area contributed by atoms with Crippen molar-refractivity contribution in [3.63, 3.8) is 0 Å². The van der Waals surface area contributed by atoms with Gasteiger partial charge in [-0.25, -0.2) is 0 Å². The van der Waals surface area contributed by atoms with E-state index in [1.807, 2.05) is 19.9 Å². The molecule has 0 saturated carbocycles. The van der Waals surface area contributed by atoms with Crippen LogP contribution in [0.2, 0.25) is 0 Å². The Kier molecular flexibility index (Phi) is 14.1. The van der Waals surface area contributed by atoms with Gasteiger partial charge in [-0.05, 0) is 74.3 Å². The molecular formula is C32H46F3NO4. The number of carbonyl (C=O) groups excluding carboxylic acids is 1. The summed E-state index contributed by atoms with van der Waals surface area (Å²) in [5.41, 5.74) is 0.695. The topological polar surface area (TPSA) is 67.8 Å². The van der Waals surface area contributed by atoms with Gasteiger partial charge in [-0.3, -0.25) is 4.79 Å². The minimum atomic E-state index is -4.82. The van der Waals surface area contributed by atoms with Gasteiger partial charge in [0.25, 0.3) is 0 Å². The first kappa shape index (κ1) is 34.9. The number of carbonyl (C=O) groups is 1. The number of methoxy groups -OCH3 is 1. The van der Waals surface area contributed by atoms with E-state index in [0.717, 1.165) is 44.1 Å². The Morgan fingerprint density at radius 1 is 1.05 bits per heavy atom. The summed E-state index contributed by atoms with van der Waals surface area (Å²) in [6.45, 7) is 16.3. The predicted molar refractivity (Wildman–Crippen MR) is 155 cm³/mol. The van der Waals surface area contributed by atoms with E-state index in [0.29, 0.717) is 17.6 Å². The van der Waals surface area contributed by atoms with Crippen LogP contribution in [0.15, 0.2) is 49.0 Å². The summed E-state index contributed by atoms with van der Waals surface area (Å²) >= 11 is 0. The summed E-state index contributed by atoms with van der Waals surface area (Å²) < 4.78 is 47.2. The van der Waals surface area contributed by atoms with Crippen LogP contribution in [0.4, 0.5) is 13.2 Å². The summed E-state index contributed by atoms with van der Waals surface area (Å²) in [7, 11) is 1.53. The summed E-state index contributed by atoms with van der Waals surface area (Å²) in [5.74, 6) is 0.986. The van der Waals surface area contributed by atoms with Crippen molar-refractivity contribution >= 4 is 11.6 Å². The Labute approximate surface area is 237 Å². The lowest BCUT2D eigenvalue weighted by atomic mass is 9.71. The summed E-state index contributed by atoms with van der Waals surface area (Å²) in [4.78, 5) is 13.4. The molecule has 224 valence electrons. The average molecular weight is 566 g/mol. The monoisotopic (exact) mass is 565 g/mol. The number of amides is 1. The molecule has 0 bridgehead atoms. The first-order valence-electron chi connectivity index (χ1n) is 13.9. The molecule has 2 N–H and O–H groups in total. The number of hydrogen-bond acceptors (Lipinski definition) is 4. The van der Waals surface area contributed by atoms with Gasteiger partial charge in [-0.2, -0.15) is 0 Å². The summed E-state index contributed by atoms with van der Waals surface area (Å²) in [5, 5.41) is 12.0. The normalized spacial score (nSPS) is 13.5. The highest BCUT2D eigenvalue weighted by Crippen LogP contribution is 2.39. The fourth-order valence-electron chi connectivity index (χ4n) is 4.70. The zero-order chi connectivity index (χ0) is 30.5. The highest BCUT2D eigenvalue weighted by atomic mass is 19.4. The van der Waals surface area contributed by atoms with E-state index in [9.17, 15) is 18.0 Å². The first-order valence-corrected chi connectivity index (χ1v) is 13.9. The molecule has 0 radical (unpaired) electrons. The Bertz CT molecular complexity index is 1080. The molecule has 2 rings (SSSR count). The van der Waals surface area contributed by atoms with Crippen molar-refractivity contribution < 1.29 is 32.5 Å². The van der Waals surface area contributed by atoms with E-state index in [4.69, 9.17) is 9.84 Å². The number of nitrogens with one attached hydrogen (secondary N) is 1. The molecule has 0 heterocycles. The standard InChI is InChI=1S/C24H36F3NO2.C8H10O2/c1-7-14-23(16-17(3)4,15-13-18(5)8-2)22(29)28-19(6)20-11-9-10-12-21(20)30-24(25,26)27;1-6-3-4-8(10-2)7(9)5-6/h9-12,17-18H,6-8,13-16H2,1-5H3,(H,28,29);3-5,9H,1-2H3. The van der Waals surface area contributed by atoms with Gasteiger partial charge in [0, 0.05) is 16.7 Å². The molecule has 2 aromatic carbocycles. The van der Waals surface area contributed by atoms with Crippen molar-refractivity contribution in [1.82, 2.24) is 5.32 Å². The highest BCUT2D eigenvalue weighted by molar-refractivity contribution is 5.91. The zero-order valence-electron chi connectivity index (χ0n) is 25.0. The molecule has 0 fully saturated rings. The maximum atomic E-state index is 13.4. The molecule has 0 aliphatic heterocycles. The number of aromatic hydroxyl groups is 1. The third kappa shape index (κ3) is 11.5. The second-order valence-electron chi connectivity index (χ2n) is 10.8. The molecule has 0 spiro atoms. The zero-order valence-corrected chi connectivity index (χ0v) is 25.0. The van der Waals surface area contributed by atoms with Crippen LogP contribution in [0.25, 0.3) is 5.70 Å². The summed E-state index contributed by atoms with van der Waals surface area (Å²) in [6, 6.07) is 11.0. The molecule has 2 aromatic rings. The van der Waals surface area contributed by atoms with Crippen molar-refractivity contribution in [3.05, 3.63) is 60.2 Å². The van der Waals surface area contributed by atoms with E-state index in [1.165, 1.54) is 25.3 Å². The molecule has 0 aliphatic carbocycles. The third-order valence-corrected chi connectivity index (χ3v) is 6.86. The maximum Gasteiger partial charge on any atom is 0.573 e. The van der Waals surface area contributed by atoms with Gasteiger partial charge in [-0.1, -0.05) is 72.2 Å². The number of ether oxygens (including phenoxy) is 2. The van der Waals surface area contributed by atoms with Crippen LogP contribution in [0.5, 0.6) is 17.2 Å². The molecule has 0 aliphatic rings. The van der Waals surface area contributed by atoms with E-state index < -0.39 is 11.8 Å². The van der Waals surface area contributed by atoms with Crippen molar-refractivity contribution in [3.8, 4) is 17.2 Å². The number of halogens is 3. The Hall–Kier alpha value is -3.16. The van der Waals surface area contributed by atoms with E-state index in [2.05, 4.69) is 44.3 Å². The largest absolute Gasteiger partial charge is 0.573 e. The Balaban J connectivity index is 0.000000667. The average Bonchev–Trinajstić information content (AvgIpc) is 2.86. The number of aryl methyl sites for hydroxylation is 1. The smallest absolute Gasteiger partial charge is 0.504 e. The number of hydrogen-bond donors (Lipinski definition) is 2. The van der Waals surface area contributed by atoms with Crippen molar-refractivity contribution in [1.29, 1.82) is 0 Å². The van der Waals surface area contributed by atoms with Crippen molar-refractivity contribution in [2.45, 2.75) is 86.4 Å². The van der Waals surface area contributed by atoms with Gasteiger partial charge in [0.05, 0.1) is 7.11 Å². The first-order chi connectivity index (χ1) is 18.7. The lowest BCUT2D eigenvalue weighted by Gasteiger charge is -2.35. The Morgan fingerprint density at radius 2 is 1.70 bits per heavy atom. The van der Waals surface area contributed by atoms with Gasteiger partial charge < -0.3 is 19.9 Å². The number of phenolic OH excluding ortho intramolecular Hbond substituents is 1. The Morgan fingerprint density at radius 3 is 2.23 bits per heavy atom. The van der Waals surface area contributed by atoms with Crippen LogP contribution < -0.4 is 14.8 Å². The predicted octanol–water partition coefficient (Wildman–Crippen LogP) is 9.04. The van der Waals surface area contributed by atoms with Gasteiger partial charge >= 0.3 is 6.36 Å². The van der Waals surface area contributed by atoms with Crippen LogP contribution in [-0.2, 0) is 4.79 Å². The molecule has 8 heteroatoms. The lowest BCUT2D eigenvalue weighted by molar-refractivity contribution is -0.274. The highest BCUT2D eigenvalue weighted by Gasteiger charge is 2.38. The van der Waals surface area contributed by atoms with Crippen LogP contribution in [-0.4, -0.2) is 24.5 Å². The van der Waals surface area contributed by atoms with E-state index >= 15 is 0 Å². The molecule has 0 aromatic heterocycles. The van der Waals surface area contributed by atoms with Crippen LogP contribution in [0, 0.1) is 24.2 Å². The minimum absolute atomic E-state index is 0.118. The molecule has 5 nitrogen and oxygen atoms in total. The second kappa shape index (κ2) is 16.2. The quantitative estimate of drug-likeness (QED) is 0.254. The fourth-order valence-corrected chi connectivity index (χ4v) is 4.70. The number of benzene rings is 2. The van der Waals surface area contributed by atoms with Crippen LogP contribution in [0.3, 0.4) is 0 Å². The van der Waals surface area contributed by atoms with Gasteiger partial charge in [0.2, 0.25) is 5.91 Å². The molecule has 0 saturated heterocycles. The third-order valence-electron chi connectivity index (χ3n) is 6.86. The number of alkyl halides is 3. The molecule has 2 atom stereocenters. The van der Waals surface area contributed by atoms with Gasteiger partial charge in [0.15, 0.2) is 11.5 Å². The van der Waals surface area contributed by atoms with Crippen molar-refractivity contribution in [2.75, 3.05) is 7.11 Å². The fraction of sp³-hybridized carbons (Fsp3) is 0.531. The number of rotatable bonds is 13. The SMILES string of the molecule is C=C(NC(=O)C(CCC)(CCC(C)CC)CC(C)C)c1ccccc1OC(F)(F)F.COc1ccc(C)cc1O. The second-order valence-corrected chi connectivity index (χ2v) is 10.8. The van der Waals surface area contributed by atoms with Gasteiger partial charge in [0.1, 0.15) is 5.75 Å². The minimum Gasteiger partial charge on any atom is -0.504 e.